The molecule has 3 aromatic rings. The lowest BCUT2D eigenvalue weighted by Gasteiger charge is -2.08. The second kappa shape index (κ2) is 4.71. The minimum Gasteiger partial charge on any atom is -0.313 e. The highest BCUT2D eigenvalue weighted by molar-refractivity contribution is 5.94. The van der Waals surface area contributed by atoms with Gasteiger partial charge in [-0.05, 0) is 36.6 Å². The van der Waals surface area contributed by atoms with Crippen LogP contribution >= 0.6 is 0 Å². The molecule has 0 saturated carbocycles. The lowest BCUT2D eigenvalue weighted by Crippen LogP contribution is -1.95. The van der Waals surface area contributed by atoms with Gasteiger partial charge in [-0.15, -0.1) is 0 Å². The normalized spacial score (nSPS) is 10.4. The summed E-state index contributed by atoms with van der Waals surface area (Å²) < 4.78 is 2.21. The van der Waals surface area contributed by atoms with Gasteiger partial charge in [-0.2, -0.15) is 0 Å². The molecule has 2 aromatic carbocycles. The third kappa shape index (κ3) is 1.72. The first-order valence-corrected chi connectivity index (χ1v) is 6.46. The first-order valence-electron chi connectivity index (χ1n) is 6.46. The zero-order chi connectivity index (χ0) is 14.1. The first-order chi connectivity index (χ1) is 9.76. The molecule has 1 aromatic heterocycles. The fraction of sp³-hybridized carbons (Fsp3) is 0.0556. The van der Waals surface area contributed by atoms with Crippen LogP contribution in [-0.2, 0) is 0 Å². The first kappa shape index (κ1) is 12.3. The van der Waals surface area contributed by atoms with Crippen molar-refractivity contribution in [2.45, 2.75) is 6.92 Å². The second-order valence-corrected chi connectivity index (χ2v) is 4.69. The minimum atomic E-state index is 0.658. The van der Waals surface area contributed by atoms with E-state index in [1.807, 2.05) is 42.5 Å². The molecule has 0 atom stereocenters. The van der Waals surface area contributed by atoms with Crippen LogP contribution in [-0.4, -0.2) is 4.57 Å². The molecule has 0 bridgehead atoms. The van der Waals surface area contributed by atoms with Crippen LogP contribution in [0.4, 0.5) is 5.69 Å². The summed E-state index contributed by atoms with van der Waals surface area (Å²) in [5.41, 5.74) is 5.12. The van der Waals surface area contributed by atoms with Crippen LogP contribution in [0.25, 0.3) is 27.5 Å². The smallest absolute Gasteiger partial charge is 0.188 e. The van der Waals surface area contributed by atoms with Gasteiger partial charge < -0.3 is 4.57 Å². The maximum Gasteiger partial charge on any atom is 0.188 e. The number of fused-ring (bicyclic) bond motifs is 1. The molecule has 0 N–H and O–H groups in total. The van der Waals surface area contributed by atoms with Crippen molar-refractivity contribution < 1.29 is 0 Å². The molecule has 3 rings (SSSR count). The number of para-hydroxylation sites is 1. The van der Waals surface area contributed by atoms with Crippen LogP contribution < -0.4 is 0 Å². The van der Waals surface area contributed by atoms with Crippen LogP contribution in [0, 0.1) is 13.5 Å². The van der Waals surface area contributed by atoms with Crippen molar-refractivity contribution in [2.24, 2.45) is 0 Å². The predicted octanol–water partition coefficient (Wildman–Crippen LogP) is 5.13. The maximum atomic E-state index is 7.16. The molecule has 0 unspecified atom stereocenters. The lowest BCUT2D eigenvalue weighted by atomic mass is 10.1. The minimum absolute atomic E-state index is 0.658. The average molecular weight is 258 g/mol. The SMILES string of the molecule is [C-]#[N+]c1ccc2c(c1)c(C=C)c(C)n2-c1ccccc1. The summed E-state index contributed by atoms with van der Waals surface area (Å²) in [5.74, 6) is 0. The Morgan fingerprint density at radius 3 is 2.55 bits per heavy atom. The monoisotopic (exact) mass is 258 g/mol. The standard InChI is InChI=1S/C18H14N2/c1-4-16-13(2)20(15-8-6-5-7-9-15)18-11-10-14(19-3)12-17(16)18/h4-12H,1H2,2H3. The quantitative estimate of drug-likeness (QED) is 0.563. The summed E-state index contributed by atoms with van der Waals surface area (Å²) in [5, 5.41) is 1.08. The van der Waals surface area contributed by atoms with E-state index in [2.05, 4.69) is 35.0 Å². The Hall–Kier alpha value is -2.79. The molecule has 2 heteroatoms. The summed E-state index contributed by atoms with van der Waals surface area (Å²) in [7, 11) is 0. The van der Waals surface area contributed by atoms with E-state index in [0.29, 0.717) is 5.69 Å². The fourth-order valence-corrected chi connectivity index (χ4v) is 2.67. The van der Waals surface area contributed by atoms with Gasteiger partial charge in [-0.1, -0.05) is 36.9 Å². The summed E-state index contributed by atoms with van der Waals surface area (Å²) >= 11 is 0. The molecule has 0 aliphatic rings. The molecule has 1 heterocycles. The molecule has 0 aliphatic heterocycles. The van der Waals surface area contributed by atoms with E-state index in [1.165, 1.54) is 0 Å². The molecule has 20 heavy (non-hydrogen) atoms. The number of hydrogen-bond donors (Lipinski definition) is 0. The molecule has 0 amide bonds. The highest BCUT2D eigenvalue weighted by atomic mass is 15.0. The van der Waals surface area contributed by atoms with Gasteiger partial charge in [-0.25, -0.2) is 4.85 Å². The molecule has 0 spiro atoms. The highest BCUT2D eigenvalue weighted by Crippen LogP contribution is 2.32. The number of rotatable bonds is 2. The number of aromatic nitrogens is 1. The Balaban J connectivity index is 2.42. The van der Waals surface area contributed by atoms with Gasteiger partial charge in [0, 0.05) is 16.9 Å². The van der Waals surface area contributed by atoms with E-state index in [1.54, 1.807) is 0 Å². The molecule has 0 radical (unpaired) electrons. The Labute approximate surface area is 118 Å². The van der Waals surface area contributed by atoms with E-state index < -0.39 is 0 Å². The van der Waals surface area contributed by atoms with Crippen molar-refractivity contribution >= 4 is 22.7 Å². The van der Waals surface area contributed by atoms with Crippen LogP contribution in [0.3, 0.4) is 0 Å². The topological polar surface area (TPSA) is 9.29 Å². The number of hydrogen-bond acceptors (Lipinski definition) is 0. The third-order valence-electron chi connectivity index (χ3n) is 3.58. The molecule has 96 valence electrons. The Morgan fingerprint density at radius 1 is 1.15 bits per heavy atom. The van der Waals surface area contributed by atoms with Crippen molar-refractivity contribution in [1.82, 2.24) is 4.57 Å². The van der Waals surface area contributed by atoms with Gasteiger partial charge in [0.1, 0.15) is 0 Å². The molecular formula is C18H14N2. The summed E-state index contributed by atoms with van der Waals surface area (Å²) in [4.78, 5) is 3.51. The van der Waals surface area contributed by atoms with Gasteiger partial charge in [-0.3, -0.25) is 0 Å². The van der Waals surface area contributed by atoms with E-state index in [-0.39, 0.29) is 0 Å². The Morgan fingerprint density at radius 2 is 1.90 bits per heavy atom. The molecule has 0 fully saturated rings. The fourth-order valence-electron chi connectivity index (χ4n) is 2.67. The molecular weight excluding hydrogens is 244 g/mol. The summed E-state index contributed by atoms with van der Waals surface area (Å²) in [6, 6.07) is 16.0. The van der Waals surface area contributed by atoms with Crippen molar-refractivity contribution in [3.05, 3.63) is 77.8 Å². The van der Waals surface area contributed by atoms with Gasteiger partial charge in [0.15, 0.2) is 5.69 Å². The molecule has 0 aliphatic carbocycles. The molecule has 2 nitrogen and oxygen atoms in total. The number of benzene rings is 2. The zero-order valence-corrected chi connectivity index (χ0v) is 11.3. The Bertz CT molecular complexity index is 833. The zero-order valence-electron chi connectivity index (χ0n) is 11.3. The summed E-state index contributed by atoms with van der Waals surface area (Å²) in [6.07, 6.45) is 1.87. The van der Waals surface area contributed by atoms with Crippen molar-refractivity contribution in [2.75, 3.05) is 0 Å². The van der Waals surface area contributed by atoms with Gasteiger partial charge in [0.05, 0.1) is 12.1 Å². The van der Waals surface area contributed by atoms with Crippen molar-refractivity contribution in [1.29, 1.82) is 0 Å². The van der Waals surface area contributed by atoms with E-state index in [0.717, 1.165) is 27.8 Å². The van der Waals surface area contributed by atoms with E-state index in [9.17, 15) is 0 Å². The predicted molar refractivity (Wildman–Crippen MR) is 84.4 cm³/mol. The van der Waals surface area contributed by atoms with Gasteiger partial charge in [0.2, 0.25) is 0 Å². The lowest BCUT2D eigenvalue weighted by molar-refractivity contribution is 1.05. The Kier molecular flexibility index (Phi) is 2.89. The van der Waals surface area contributed by atoms with E-state index >= 15 is 0 Å². The summed E-state index contributed by atoms with van der Waals surface area (Å²) in [6.45, 7) is 13.2. The highest BCUT2D eigenvalue weighted by Gasteiger charge is 2.13. The van der Waals surface area contributed by atoms with Gasteiger partial charge >= 0.3 is 0 Å². The van der Waals surface area contributed by atoms with Crippen molar-refractivity contribution in [3.8, 4) is 5.69 Å². The van der Waals surface area contributed by atoms with Crippen LogP contribution in [0.2, 0.25) is 0 Å². The average Bonchev–Trinajstić information content (AvgIpc) is 2.78. The largest absolute Gasteiger partial charge is 0.313 e. The van der Waals surface area contributed by atoms with Crippen LogP contribution in [0.5, 0.6) is 0 Å². The van der Waals surface area contributed by atoms with Crippen molar-refractivity contribution in [3.63, 3.8) is 0 Å². The third-order valence-corrected chi connectivity index (χ3v) is 3.58. The molecule has 0 saturated heterocycles. The number of nitrogens with zero attached hydrogens (tertiary/aromatic N) is 2. The van der Waals surface area contributed by atoms with E-state index in [4.69, 9.17) is 6.57 Å². The van der Waals surface area contributed by atoms with Gasteiger partial charge in [0.25, 0.3) is 0 Å². The van der Waals surface area contributed by atoms with Crippen LogP contribution in [0.1, 0.15) is 11.3 Å². The second-order valence-electron chi connectivity index (χ2n) is 4.69. The van der Waals surface area contributed by atoms with Crippen LogP contribution in [0.15, 0.2) is 55.1 Å². The maximum absolute atomic E-state index is 7.16.